The van der Waals surface area contributed by atoms with Crippen LogP contribution in [-0.2, 0) is 0 Å². The van der Waals surface area contributed by atoms with E-state index in [0.29, 0.717) is 0 Å². The lowest BCUT2D eigenvalue weighted by Gasteiger charge is -2.21. The molecule has 0 saturated carbocycles. The fraction of sp³-hybridized carbons (Fsp3) is 0.200. The third-order valence-corrected chi connectivity index (χ3v) is 5.41. The zero-order valence-corrected chi connectivity index (χ0v) is 13.9. The van der Waals surface area contributed by atoms with Gasteiger partial charge in [0.25, 0.3) is 0 Å². The van der Waals surface area contributed by atoms with Gasteiger partial charge in [-0.05, 0) is 0 Å². The van der Waals surface area contributed by atoms with Crippen molar-refractivity contribution in [3.05, 3.63) is 52.4 Å². The van der Waals surface area contributed by atoms with Crippen molar-refractivity contribution in [3.8, 4) is 11.1 Å². The molecule has 2 rings (SSSR count). The van der Waals surface area contributed by atoms with Gasteiger partial charge in [0.05, 0.1) is 19.2 Å². The van der Waals surface area contributed by atoms with E-state index in [9.17, 15) is 39.5 Å². The van der Waals surface area contributed by atoms with Crippen LogP contribution in [0.5, 0.6) is 0 Å². The molecule has 0 spiro atoms. The number of hydrogen-bond donors (Lipinski definition) is 0. The van der Waals surface area contributed by atoms with Gasteiger partial charge in [-0.1, -0.05) is 19.6 Å². The van der Waals surface area contributed by atoms with Gasteiger partial charge in [-0.25, -0.2) is 39.5 Å². The summed E-state index contributed by atoms with van der Waals surface area (Å²) in [5.74, 6) is -21.1. The number of rotatable bonds is 2. The molecule has 0 atom stereocenters. The van der Waals surface area contributed by atoms with E-state index in [0.717, 1.165) is 0 Å². The first kappa shape index (κ1) is 19.4. The van der Waals surface area contributed by atoms with Crippen molar-refractivity contribution in [2.75, 3.05) is 0 Å². The van der Waals surface area contributed by atoms with E-state index in [-0.39, 0.29) is 0 Å². The van der Waals surface area contributed by atoms with Crippen molar-refractivity contribution in [1.82, 2.24) is 0 Å². The maximum Gasteiger partial charge on any atom is 0.200 e. The molecule has 0 saturated heterocycles. The third kappa shape index (κ3) is 2.81. The highest BCUT2D eigenvalue weighted by Crippen LogP contribution is 2.36. The largest absolute Gasteiger partial charge is 0.204 e. The van der Waals surface area contributed by atoms with Gasteiger partial charge >= 0.3 is 0 Å². The van der Waals surface area contributed by atoms with Crippen molar-refractivity contribution in [2.45, 2.75) is 19.6 Å². The van der Waals surface area contributed by atoms with Gasteiger partial charge in [0.15, 0.2) is 46.5 Å². The van der Waals surface area contributed by atoms with E-state index in [1.54, 1.807) is 0 Å². The van der Waals surface area contributed by atoms with E-state index in [1.807, 2.05) is 0 Å². The van der Waals surface area contributed by atoms with Gasteiger partial charge in [0.1, 0.15) is 0 Å². The Bertz CT molecular complexity index is 826. The summed E-state index contributed by atoms with van der Waals surface area (Å²) in [4.78, 5) is 0. The minimum atomic E-state index is -2.99. The second-order valence-corrected chi connectivity index (χ2v) is 11.2. The zero-order valence-electron chi connectivity index (χ0n) is 12.9. The number of hydrogen-bond acceptors (Lipinski definition) is 0. The quantitative estimate of drug-likeness (QED) is 0.289. The molecular weight excluding hydrogens is 379 g/mol. The van der Waals surface area contributed by atoms with E-state index in [4.69, 9.17) is 0 Å². The van der Waals surface area contributed by atoms with Gasteiger partial charge in [0.2, 0.25) is 5.82 Å². The Morgan fingerprint density at radius 2 is 0.640 bits per heavy atom. The first-order valence-corrected chi connectivity index (χ1v) is 10.2. The van der Waals surface area contributed by atoms with Gasteiger partial charge in [-0.15, -0.1) is 0 Å². The molecule has 2 aromatic carbocycles. The molecule has 2 aromatic rings. The summed E-state index contributed by atoms with van der Waals surface area (Å²) in [5, 5.41) is -0.935. The maximum absolute atomic E-state index is 14.2. The first-order valence-electron chi connectivity index (χ1n) is 6.70. The van der Waals surface area contributed by atoms with Crippen LogP contribution in [0.15, 0.2) is 0 Å². The summed E-state index contributed by atoms with van der Waals surface area (Å²) in [6.07, 6.45) is 0. The summed E-state index contributed by atoms with van der Waals surface area (Å²) < 4.78 is 124. The summed E-state index contributed by atoms with van der Waals surface area (Å²) in [5.41, 5.74) is -4.07. The monoisotopic (exact) mass is 388 g/mol. The molecule has 0 unspecified atom stereocenters. The van der Waals surface area contributed by atoms with Crippen LogP contribution in [0.3, 0.4) is 0 Å². The maximum atomic E-state index is 14.2. The van der Waals surface area contributed by atoms with Crippen molar-refractivity contribution in [3.63, 3.8) is 0 Å². The van der Waals surface area contributed by atoms with Crippen LogP contribution in [0.2, 0.25) is 19.6 Å². The standard InChI is InChI=1S/C15H9F9Si/c1-25(2,3)15-13(23)8(18)5(9(19)14(15)24)4-6(16)10(20)12(22)11(21)7(4)17/h1-3H3. The fourth-order valence-electron chi connectivity index (χ4n) is 2.33. The van der Waals surface area contributed by atoms with Gasteiger partial charge in [0, 0.05) is 5.19 Å². The fourth-order valence-corrected chi connectivity index (χ4v) is 3.87. The van der Waals surface area contributed by atoms with E-state index < -0.39 is 76.7 Å². The van der Waals surface area contributed by atoms with Crippen LogP contribution in [0, 0.1) is 52.4 Å². The molecule has 10 heteroatoms. The van der Waals surface area contributed by atoms with E-state index in [1.165, 1.54) is 19.6 Å². The highest BCUT2D eigenvalue weighted by atomic mass is 28.3. The van der Waals surface area contributed by atoms with Crippen molar-refractivity contribution < 1.29 is 39.5 Å². The highest BCUT2D eigenvalue weighted by molar-refractivity contribution is 6.88. The van der Waals surface area contributed by atoms with Gasteiger partial charge < -0.3 is 0 Å². The van der Waals surface area contributed by atoms with Gasteiger partial charge in [-0.3, -0.25) is 0 Å². The molecule has 25 heavy (non-hydrogen) atoms. The summed E-state index contributed by atoms with van der Waals surface area (Å²) >= 11 is 0. The molecular formula is C15H9F9Si. The van der Waals surface area contributed by atoms with Crippen LogP contribution in [0.1, 0.15) is 0 Å². The average molecular weight is 388 g/mol. The summed E-state index contributed by atoms with van der Waals surface area (Å²) in [7, 11) is -2.99. The second kappa shape index (κ2) is 6.08. The number of halogens is 9. The number of benzene rings is 2. The zero-order chi connectivity index (χ0) is 19.4. The van der Waals surface area contributed by atoms with Crippen LogP contribution < -0.4 is 5.19 Å². The Kier molecular flexibility index (Phi) is 4.71. The average Bonchev–Trinajstić information content (AvgIpc) is 2.51. The molecule has 0 N–H and O–H groups in total. The highest BCUT2D eigenvalue weighted by Gasteiger charge is 2.37. The molecule has 0 amide bonds. The van der Waals surface area contributed by atoms with Crippen LogP contribution in [0.4, 0.5) is 39.5 Å². The molecule has 0 bridgehead atoms. The lowest BCUT2D eigenvalue weighted by molar-refractivity contribution is 0.379. The minimum Gasteiger partial charge on any atom is -0.204 e. The Morgan fingerprint density at radius 3 is 0.920 bits per heavy atom. The molecule has 136 valence electrons. The van der Waals surface area contributed by atoms with Crippen molar-refractivity contribution >= 4 is 13.3 Å². The Labute approximate surface area is 136 Å². The molecule has 0 aliphatic heterocycles. The minimum absolute atomic E-state index is 0.935. The molecule has 0 fully saturated rings. The SMILES string of the molecule is C[Si](C)(C)c1c(F)c(F)c(-c2c(F)c(F)c(F)c(F)c2F)c(F)c1F. The summed E-state index contributed by atoms with van der Waals surface area (Å²) in [6.45, 7) is 4.02. The molecule has 0 nitrogen and oxygen atoms in total. The van der Waals surface area contributed by atoms with Gasteiger partial charge in [-0.2, -0.15) is 0 Å². The Hall–Kier alpha value is -1.97. The predicted octanol–water partition coefficient (Wildman–Crippen LogP) is 5.15. The lowest BCUT2D eigenvalue weighted by atomic mass is 10.0. The van der Waals surface area contributed by atoms with Crippen LogP contribution >= 0.6 is 0 Å². The van der Waals surface area contributed by atoms with Crippen molar-refractivity contribution in [2.24, 2.45) is 0 Å². The van der Waals surface area contributed by atoms with Crippen molar-refractivity contribution in [1.29, 1.82) is 0 Å². The van der Waals surface area contributed by atoms with E-state index >= 15 is 0 Å². The topological polar surface area (TPSA) is 0 Å². The second-order valence-electron chi connectivity index (χ2n) is 6.20. The summed E-state index contributed by atoms with van der Waals surface area (Å²) in [6, 6.07) is 0. The predicted molar refractivity (Wildman–Crippen MR) is 74.5 cm³/mol. The Morgan fingerprint density at radius 1 is 0.400 bits per heavy atom. The van der Waals surface area contributed by atoms with E-state index in [2.05, 4.69) is 0 Å². The Balaban J connectivity index is 3.03. The third-order valence-electron chi connectivity index (χ3n) is 3.47. The van der Waals surface area contributed by atoms with Crippen LogP contribution in [0.25, 0.3) is 11.1 Å². The lowest BCUT2D eigenvalue weighted by Crippen LogP contribution is -2.44. The van der Waals surface area contributed by atoms with Crippen LogP contribution in [-0.4, -0.2) is 8.07 Å². The molecule has 0 heterocycles. The molecule has 0 aliphatic carbocycles. The first-order chi connectivity index (χ1) is 11.3. The molecule has 0 aromatic heterocycles. The molecule has 0 radical (unpaired) electrons. The normalized spacial score (nSPS) is 12.0. The smallest absolute Gasteiger partial charge is 0.200 e. The molecule has 0 aliphatic rings.